The summed E-state index contributed by atoms with van der Waals surface area (Å²) in [5, 5.41) is 4.68. The van der Waals surface area contributed by atoms with E-state index in [0.29, 0.717) is 10.0 Å². The number of esters is 1. The van der Waals surface area contributed by atoms with Crippen LogP contribution in [0.15, 0.2) is 29.8 Å². The van der Waals surface area contributed by atoms with Gasteiger partial charge in [-0.3, -0.25) is 9.59 Å². The molecule has 2 rings (SSSR count). The number of aromatic nitrogens is 1. The summed E-state index contributed by atoms with van der Waals surface area (Å²) in [5.74, 6) is -2.03. The molecule has 0 saturated heterocycles. The molecular formula is C13H10ClN3O4S. The number of nitrogens with two attached hydrogens (primary N) is 1. The number of pyridine rings is 1. The molecule has 2 amide bonds. The van der Waals surface area contributed by atoms with Crippen molar-refractivity contribution in [2.45, 2.75) is 0 Å². The van der Waals surface area contributed by atoms with Gasteiger partial charge in [-0.05, 0) is 23.6 Å². The highest BCUT2D eigenvalue weighted by molar-refractivity contribution is 7.14. The summed E-state index contributed by atoms with van der Waals surface area (Å²) in [5.41, 5.74) is 5.35. The largest absolute Gasteiger partial charge is 0.451 e. The Morgan fingerprint density at radius 3 is 2.82 bits per heavy atom. The van der Waals surface area contributed by atoms with Crippen molar-refractivity contribution in [1.82, 2.24) is 4.98 Å². The number of carbonyl (C=O) groups is 3. The maximum atomic E-state index is 11.7. The van der Waals surface area contributed by atoms with Gasteiger partial charge >= 0.3 is 5.97 Å². The summed E-state index contributed by atoms with van der Waals surface area (Å²) in [7, 11) is 0. The van der Waals surface area contributed by atoms with E-state index >= 15 is 0 Å². The van der Waals surface area contributed by atoms with E-state index in [9.17, 15) is 14.4 Å². The number of nitrogens with zero attached hydrogens (tertiary/aromatic N) is 1. The van der Waals surface area contributed by atoms with Gasteiger partial charge in [0.05, 0.1) is 5.56 Å². The van der Waals surface area contributed by atoms with Crippen LogP contribution < -0.4 is 11.1 Å². The molecule has 3 N–H and O–H groups in total. The maximum Gasteiger partial charge on any atom is 0.357 e. The Morgan fingerprint density at radius 1 is 1.36 bits per heavy atom. The molecule has 0 aliphatic heterocycles. The minimum atomic E-state index is -0.779. The van der Waals surface area contributed by atoms with Gasteiger partial charge in [0, 0.05) is 11.2 Å². The van der Waals surface area contributed by atoms with Crippen LogP contribution in [0.4, 0.5) is 5.00 Å². The van der Waals surface area contributed by atoms with Crippen molar-refractivity contribution in [2.75, 3.05) is 11.9 Å². The van der Waals surface area contributed by atoms with Crippen molar-refractivity contribution in [3.05, 3.63) is 46.1 Å². The molecule has 0 fully saturated rings. The topological polar surface area (TPSA) is 111 Å². The first-order valence-electron chi connectivity index (χ1n) is 5.93. The molecule has 22 heavy (non-hydrogen) atoms. The Labute approximate surface area is 134 Å². The summed E-state index contributed by atoms with van der Waals surface area (Å²) in [6.45, 7) is -0.525. The number of ether oxygens (including phenoxy) is 1. The summed E-state index contributed by atoms with van der Waals surface area (Å²) in [6.07, 6.45) is 1.35. The van der Waals surface area contributed by atoms with E-state index in [2.05, 4.69) is 10.3 Å². The van der Waals surface area contributed by atoms with Crippen LogP contribution in [0.2, 0.25) is 5.02 Å². The molecule has 2 aromatic heterocycles. The number of halogens is 1. The van der Waals surface area contributed by atoms with Crippen LogP contribution >= 0.6 is 22.9 Å². The second-order valence-corrected chi connectivity index (χ2v) is 5.36. The molecule has 114 valence electrons. The molecule has 7 nitrogen and oxygen atoms in total. The lowest BCUT2D eigenvalue weighted by atomic mass is 10.3. The number of rotatable bonds is 5. The normalized spacial score (nSPS) is 10.0. The number of hydrogen-bond donors (Lipinski definition) is 2. The number of primary amides is 1. The fourth-order valence-corrected chi connectivity index (χ4v) is 2.45. The van der Waals surface area contributed by atoms with Gasteiger partial charge in [-0.2, -0.15) is 0 Å². The molecular weight excluding hydrogens is 330 g/mol. The summed E-state index contributed by atoms with van der Waals surface area (Å²) in [4.78, 5) is 38.3. The molecule has 0 saturated carbocycles. The SMILES string of the molecule is NC(=O)c1ccsc1NC(=O)COC(=O)c1cc(Cl)ccn1. The highest BCUT2D eigenvalue weighted by atomic mass is 35.5. The summed E-state index contributed by atoms with van der Waals surface area (Å²) in [6, 6.07) is 4.32. The van der Waals surface area contributed by atoms with Gasteiger partial charge in [0.15, 0.2) is 6.61 Å². The Hall–Kier alpha value is -2.45. The molecule has 0 aliphatic carbocycles. The highest BCUT2D eigenvalue weighted by Gasteiger charge is 2.15. The molecule has 0 bridgehead atoms. The standard InChI is InChI=1S/C13H10ClN3O4S/c14-7-1-3-16-9(5-7)13(20)21-6-10(18)17-12-8(11(15)19)2-4-22-12/h1-5H,6H2,(H2,15,19)(H,17,18). The molecule has 0 aromatic carbocycles. The Bertz CT molecular complexity index is 732. The predicted octanol–water partition coefficient (Wildman–Crippen LogP) is 1.69. The van der Waals surface area contributed by atoms with Gasteiger partial charge in [-0.25, -0.2) is 9.78 Å². The van der Waals surface area contributed by atoms with Crippen LogP contribution in [0, 0.1) is 0 Å². The van der Waals surface area contributed by atoms with Gasteiger partial charge in [0.1, 0.15) is 10.7 Å². The van der Waals surface area contributed by atoms with Gasteiger partial charge < -0.3 is 15.8 Å². The van der Waals surface area contributed by atoms with E-state index in [1.165, 1.54) is 24.4 Å². The number of hydrogen-bond acceptors (Lipinski definition) is 6. The van der Waals surface area contributed by atoms with Crippen molar-refractivity contribution in [1.29, 1.82) is 0 Å². The molecule has 2 heterocycles. The zero-order valence-corrected chi connectivity index (χ0v) is 12.6. The van der Waals surface area contributed by atoms with Crippen LogP contribution in [0.3, 0.4) is 0 Å². The molecule has 0 atom stereocenters. The van der Waals surface area contributed by atoms with Gasteiger partial charge in [0.25, 0.3) is 11.8 Å². The predicted molar refractivity (Wildman–Crippen MR) is 81.0 cm³/mol. The lowest BCUT2D eigenvalue weighted by molar-refractivity contribution is -0.119. The average Bonchev–Trinajstić information content (AvgIpc) is 2.93. The summed E-state index contributed by atoms with van der Waals surface area (Å²) < 4.78 is 4.81. The summed E-state index contributed by atoms with van der Waals surface area (Å²) >= 11 is 6.86. The third-order valence-corrected chi connectivity index (χ3v) is 3.51. The highest BCUT2D eigenvalue weighted by Crippen LogP contribution is 2.22. The molecule has 0 radical (unpaired) electrons. The minimum Gasteiger partial charge on any atom is -0.451 e. The Kier molecular flexibility index (Phi) is 5.08. The molecule has 2 aromatic rings. The van der Waals surface area contributed by atoms with Crippen molar-refractivity contribution < 1.29 is 19.1 Å². The van der Waals surface area contributed by atoms with Gasteiger partial charge in [0.2, 0.25) is 0 Å². The first-order valence-corrected chi connectivity index (χ1v) is 7.19. The van der Waals surface area contributed by atoms with Crippen molar-refractivity contribution >= 4 is 45.7 Å². The number of amides is 2. The average molecular weight is 340 g/mol. The molecule has 0 unspecified atom stereocenters. The zero-order chi connectivity index (χ0) is 16.1. The van der Waals surface area contributed by atoms with E-state index < -0.39 is 24.4 Å². The maximum absolute atomic E-state index is 11.7. The lowest BCUT2D eigenvalue weighted by Crippen LogP contribution is -2.22. The monoisotopic (exact) mass is 339 g/mol. The minimum absolute atomic E-state index is 0.00533. The van der Waals surface area contributed by atoms with Crippen LogP contribution in [0.25, 0.3) is 0 Å². The molecule has 0 spiro atoms. The van der Waals surface area contributed by atoms with Crippen molar-refractivity contribution in [2.24, 2.45) is 5.73 Å². The van der Waals surface area contributed by atoms with E-state index in [1.807, 2.05) is 0 Å². The van der Waals surface area contributed by atoms with E-state index in [0.717, 1.165) is 11.3 Å². The quantitative estimate of drug-likeness (QED) is 0.805. The van der Waals surface area contributed by atoms with E-state index in [4.69, 9.17) is 22.1 Å². The van der Waals surface area contributed by atoms with E-state index in [1.54, 1.807) is 5.38 Å². The van der Waals surface area contributed by atoms with Crippen molar-refractivity contribution in [3.8, 4) is 0 Å². The third-order valence-electron chi connectivity index (χ3n) is 2.45. The van der Waals surface area contributed by atoms with Gasteiger partial charge in [-0.1, -0.05) is 11.6 Å². The Morgan fingerprint density at radius 2 is 2.14 bits per heavy atom. The second-order valence-electron chi connectivity index (χ2n) is 4.01. The lowest BCUT2D eigenvalue weighted by Gasteiger charge is -2.06. The smallest absolute Gasteiger partial charge is 0.357 e. The number of anilines is 1. The third kappa shape index (κ3) is 4.03. The first-order chi connectivity index (χ1) is 10.5. The van der Waals surface area contributed by atoms with Crippen LogP contribution in [0.5, 0.6) is 0 Å². The number of thiophene rings is 1. The van der Waals surface area contributed by atoms with E-state index in [-0.39, 0.29) is 11.3 Å². The molecule has 9 heteroatoms. The number of nitrogens with one attached hydrogen (secondary N) is 1. The Balaban J connectivity index is 1.91. The van der Waals surface area contributed by atoms with Crippen LogP contribution in [-0.2, 0) is 9.53 Å². The van der Waals surface area contributed by atoms with Gasteiger partial charge in [-0.15, -0.1) is 11.3 Å². The van der Waals surface area contributed by atoms with Crippen molar-refractivity contribution in [3.63, 3.8) is 0 Å². The first kappa shape index (κ1) is 15.9. The second kappa shape index (κ2) is 7.01. The molecule has 0 aliphatic rings. The van der Waals surface area contributed by atoms with Crippen LogP contribution in [-0.4, -0.2) is 29.4 Å². The van der Waals surface area contributed by atoms with Crippen LogP contribution in [0.1, 0.15) is 20.8 Å². The zero-order valence-electron chi connectivity index (χ0n) is 11.0. The fourth-order valence-electron chi connectivity index (χ4n) is 1.48. The fraction of sp³-hybridized carbons (Fsp3) is 0.0769. The number of carbonyl (C=O) groups excluding carboxylic acids is 3.